The minimum Gasteiger partial charge on any atom is -0.324 e. The van der Waals surface area contributed by atoms with E-state index in [0.717, 1.165) is 52.3 Å². The van der Waals surface area contributed by atoms with Crippen LogP contribution in [-0.2, 0) is 17.8 Å². The number of nitrogens with zero attached hydrogens (tertiary/aromatic N) is 3. The van der Waals surface area contributed by atoms with Crippen LogP contribution in [0.5, 0.6) is 0 Å². The molecule has 5 nitrogen and oxygen atoms in total. The molecule has 0 spiro atoms. The number of anilines is 1. The van der Waals surface area contributed by atoms with Gasteiger partial charge in [0.2, 0.25) is 5.91 Å². The number of aryl methyl sites for hydroxylation is 1. The van der Waals surface area contributed by atoms with Crippen LogP contribution in [-0.4, -0.2) is 26.4 Å². The number of hydrogen-bond donors (Lipinski definition) is 1. The van der Waals surface area contributed by atoms with Gasteiger partial charge < -0.3 is 9.88 Å². The Bertz CT molecular complexity index is 991. The molecular formula is C21H21ClN4OS2. The van der Waals surface area contributed by atoms with Gasteiger partial charge in [-0.3, -0.25) is 4.79 Å². The molecule has 0 saturated carbocycles. The van der Waals surface area contributed by atoms with Crippen molar-refractivity contribution in [2.24, 2.45) is 0 Å². The predicted molar refractivity (Wildman–Crippen MR) is 119 cm³/mol. The molecule has 4 rings (SSSR count). The number of amides is 1. The number of para-hydroxylation sites is 1. The van der Waals surface area contributed by atoms with Gasteiger partial charge in [0, 0.05) is 27.8 Å². The third-order valence-electron chi connectivity index (χ3n) is 4.61. The van der Waals surface area contributed by atoms with Gasteiger partial charge in [0.05, 0.1) is 11.4 Å². The zero-order valence-corrected chi connectivity index (χ0v) is 18.2. The van der Waals surface area contributed by atoms with Crippen LogP contribution in [0.25, 0.3) is 0 Å². The summed E-state index contributed by atoms with van der Waals surface area (Å²) in [6, 6.07) is 15.5. The largest absolute Gasteiger partial charge is 0.324 e. The molecule has 1 N–H and O–H groups in total. The molecule has 2 aromatic carbocycles. The maximum absolute atomic E-state index is 12.6. The molecule has 1 aromatic heterocycles. The number of aromatic nitrogens is 3. The van der Waals surface area contributed by atoms with E-state index >= 15 is 0 Å². The Hall–Kier alpha value is -1.96. The number of carbonyl (C=O) groups is 1. The quantitative estimate of drug-likeness (QED) is 0.506. The Labute approximate surface area is 183 Å². The van der Waals surface area contributed by atoms with Crippen LogP contribution in [0.3, 0.4) is 0 Å². The molecule has 150 valence electrons. The monoisotopic (exact) mass is 444 g/mol. The van der Waals surface area contributed by atoms with E-state index < -0.39 is 0 Å². The fraction of sp³-hybridized carbons (Fsp3) is 0.286. The summed E-state index contributed by atoms with van der Waals surface area (Å²) in [6.45, 7) is 0.937. The number of benzene rings is 2. The number of fused-ring (bicyclic) bond motifs is 1. The van der Waals surface area contributed by atoms with Crippen LogP contribution in [0.4, 0.5) is 5.69 Å². The van der Waals surface area contributed by atoms with Crippen molar-refractivity contribution in [3.63, 3.8) is 0 Å². The van der Waals surface area contributed by atoms with Crippen molar-refractivity contribution in [1.29, 1.82) is 0 Å². The number of hydrogen-bond acceptors (Lipinski definition) is 5. The standard InChI is InChI=1S/C21H21ClN4OS2/c22-15-9-11-16(12-10-15)29-18-7-4-3-6-17(18)23-20(27)14-28-21-25-24-19-8-2-1-5-13-26(19)21/h3-4,6-7,9-12H,1-2,5,8,13-14H2,(H,23,27). The lowest BCUT2D eigenvalue weighted by atomic mass is 10.2. The van der Waals surface area contributed by atoms with Gasteiger partial charge in [0.25, 0.3) is 0 Å². The molecule has 1 aliphatic rings. The summed E-state index contributed by atoms with van der Waals surface area (Å²) in [5.74, 6) is 1.29. The van der Waals surface area contributed by atoms with Gasteiger partial charge in [-0.2, -0.15) is 0 Å². The van der Waals surface area contributed by atoms with E-state index in [0.29, 0.717) is 10.8 Å². The second-order valence-corrected chi connectivity index (χ2v) is 9.24. The molecule has 29 heavy (non-hydrogen) atoms. The molecule has 1 amide bonds. The molecule has 0 radical (unpaired) electrons. The van der Waals surface area contributed by atoms with Gasteiger partial charge in [-0.25, -0.2) is 0 Å². The van der Waals surface area contributed by atoms with Crippen molar-refractivity contribution in [1.82, 2.24) is 14.8 Å². The molecule has 0 aliphatic carbocycles. The van der Waals surface area contributed by atoms with Crippen molar-refractivity contribution in [2.75, 3.05) is 11.1 Å². The van der Waals surface area contributed by atoms with E-state index in [-0.39, 0.29) is 5.91 Å². The molecule has 3 aromatic rings. The summed E-state index contributed by atoms with van der Waals surface area (Å²) >= 11 is 9.01. The Morgan fingerprint density at radius 1 is 1.07 bits per heavy atom. The molecule has 0 atom stereocenters. The predicted octanol–water partition coefficient (Wildman–Crippen LogP) is 5.54. The highest BCUT2D eigenvalue weighted by molar-refractivity contribution is 8.00. The summed E-state index contributed by atoms with van der Waals surface area (Å²) in [4.78, 5) is 14.6. The van der Waals surface area contributed by atoms with Crippen LogP contribution >= 0.6 is 35.1 Å². The molecule has 2 heterocycles. The average Bonchev–Trinajstić information content (AvgIpc) is 2.95. The molecule has 0 fully saturated rings. The Kier molecular flexibility index (Phi) is 6.79. The first kappa shape index (κ1) is 20.3. The Morgan fingerprint density at radius 2 is 1.90 bits per heavy atom. The van der Waals surface area contributed by atoms with E-state index in [1.165, 1.54) is 18.2 Å². The highest BCUT2D eigenvalue weighted by Gasteiger charge is 2.16. The minimum absolute atomic E-state index is 0.0508. The molecule has 0 saturated heterocycles. The van der Waals surface area contributed by atoms with Gasteiger partial charge in [-0.05, 0) is 49.2 Å². The van der Waals surface area contributed by atoms with Gasteiger partial charge in [0.1, 0.15) is 5.82 Å². The maximum Gasteiger partial charge on any atom is 0.234 e. The third kappa shape index (κ3) is 5.35. The second kappa shape index (κ2) is 9.69. The van der Waals surface area contributed by atoms with Gasteiger partial charge in [0.15, 0.2) is 5.16 Å². The SMILES string of the molecule is O=C(CSc1nnc2n1CCCCC2)Nc1ccccc1Sc1ccc(Cl)cc1. The molecule has 1 aliphatic heterocycles. The van der Waals surface area contributed by atoms with Crippen molar-refractivity contribution in [3.05, 3.63) is 59.4 Å². The first-order valence-electron chi connectivity index (χ1n) is 9.56. The first-order valence-corrected chi connectivity index (χ1v) is 11.7. The average molecular weight is 445 g/mol. The fourth-order valence-corrected chi connectivity index (χ4v) is 4.98. The van der Waals surface area contributed by atoms with E-state index in [9.17, 15) is 4.79 Å². The van der Waals surface area contributed by atoms with Gasteiger partial charge in [-0.15, -0.1) is 10.2 Å². The Morgan fingerprint density at radius 3 is 2.76 bits per heavy atom. The highest BCUT2D eigenvalue weighted by Crippen LogP contribution is 2.34. The van der Waals surface area contributed by atoms with Crippen LogP contribution in [0.1, 0.15) is 25.1 Å². The zero-order chi connectivity index (χ0) is 20.1. The van der Waals surface area contributed by atoms with Crippen molar-refractivity contribution < 1.29 is 4.79 Å². The number of rotatable bonds is 6. The van der Waals surface area contributed by atoms with E-state index in [2.05, 4.69) is 20.1 Å². The van der Waals surface area contributed by atoms with Crippen LogP contribution < -0.4 is 5.32 Å². The highest BCUT2D eigenvalue weighted by atomic mass is 35.5. The smallest absolute Gasteiger partial charge is 0.234 e. The van der Waals surface area contributed by atoms with Crippen molar-refractivity contribution in [2.45, 2.75) is 47.2 Å². The number of thioether (sulfide) groups is 1. The summed E-state index contributed by atoms with van der Waals surface area (Å²) < 4.78 is 2.16. The maximum atomic E-state index is 12.6. The van der Waals surface area contributed by atoms with E-state index in [4.69, 9.17) is 11.6 Å². The van der Waals surface area contributed by atoms with E-state index in [1.54, 1.807) is 11.8 Å². The normalized spacial score (nSPS) is 13.6. The summed E-state index contributed by atoms with van der Waals surface area (Å²) in [6.07, 6.45) is 4.48. The topological polar surface area (TPSA) is 59.8 Å². The van der Waals surface area contributed by atoms with Gasteiger partial charge in [-0.1, -0.05) is 53.7 Å². The van der Waals surface area contributed by atoms with Gasteiger partial charge >= 0.3 is 0 Å². The van der Waals surface area contributed by atoms with Crippen LogP contribution in [0, 0.1) is 0 Å². The fourth-order valence-electron chi connectivity index (χ4n) is 3.17. The molecule has 0 unspecified atom stereocenters. The summed E-state index contributed by atoms with van der Waals surface area (Å²) in [5.41, 5.74) is 0.804. The molecule has 8 heteroatoms. The van der Waals surface area contributed by atoms with Crippen molar-refractivity contribution >= 4 is 46.7 Å². The lowest BCUT2D eigenvalue weighted by Gasteiger charge is -2.11. The lowest BCUT2D eigenvalue weighted by Crippen LogP contribution is -2.15. The Balaban J connectivity index is 1.39. The molecule has 0 bridgehead atoms. The van der Waals surface area contributed by atoms with Crippen LogP contribution in [0.15, 0.2) is 63.5 Å². The van der Waals surface area contributed by atoms with E-state index in [1.807, 2.05) is 48.5 Å². The first-order chi connectivity index (χ1) is 14.2. The minimum atomic E-state index is -0.0508. The van der Waals surface area contributed by atoms with Crippen LogP contribution in [0.2, 0.25) is 5.02 Å². The third-order valence-corrected chi connectivity index (χ3v) is 6.91. The molecular weight excluding hydrogens is 424 g/mol. The number of halogens is 1. The number of nitrogens with one attached hydrogen (secondary N) is 1. The number of carbonyl (C=O) groups excluding carboxylic acids is 1. The second-order valence-electron chi connectivity index (χ2n) is 6.75. The van der Waals surface area contributed by atoms with Crippen molar-refractivity contribution in [3.8, 4) is 0 Å². The zero-order valence-electron chi connectivity index (χ0n) is 15.8. The summed E-state index contributed by atoms with van der Waals surface area (Å²) in [7, 11) is 0. The summed E-state index contributed by atoms with van der Waals surface area (Å²) in [5, 5.41) is 13.1. The lowest BCUT2D eigenvalue weighted by molar-refractivity contribution is -0.113.